The van der Waals surface area contributed by atoms with Gasteiger partial charge in [0.2, 0.25) is 0 Å². The number of alkyl halides is 1. The number of nitrogens with one attached hydrogen (secondary N) is 1. The van der Waals surface area contributed by atoms with Crippen LogP contribution in [0.15, 0.2) is 18.3 Å². The third-order valence-electron chi connectivity index (χ3n) is 3.18. The first kappa shape index (κ1) is 15.0. The quantitative estimate of drug-likeness (QED) is 0.806. The Morgan fingerprint density at radius 1 is 1.44 bits per heavy atom. The average Bonchev–Trinajstić information content (AvgIpc) is 2.37. The van der Waals surface area contributed by atoms with E-state index in [0.29, 0.717) is 18.0 Å². The van der Waals surface area contributed by atoms with E-state index in [1.165, 1.54) is 0 Å². The molecule has 0 aromatic carbocycles. The fourth-order valence-electron chi connectivity index (χ4n) is 1.95. The van der Waals surface area contributed by atoms with Gasteiger partial charge in [0.25, 0.3) is 5.91 Å². The van der Waals surface area contributed by atoms with Crippen LogP contribution in [-0.4, -0.2) is 22.8 Å². The molecular weight excluding hydrogens is 248 g/mol. The molecule has 100 valence electrons. The molecule has 0 spiro atoms. The number of nitrogens with zero attached hydrogens (tertiary/aromatic N) is 1. The first-order valence-electron chi connectivity index (χ1n) is 6.43. The van der Waals surface area contributed by atoms with Crippen molar-refractivity contribution in [1.29, 1.82) is 0 Å². The van der Waals surface area contributed by atoms with Gasteiger partial charge in [-0.2, -0.15) is 0 Å². The minimum atomic E-state index is -0.0860. The summed E-state index contributed by atoms with van der Waals surface area (Å²) in [4.78, 5) is 16.0. The molecule has 3 nitrogen and oxygen atoms in total. The summed E-state index contributed by atoms with van der Waals surface area (Å²) in [6.45, 7) is 6.62. The lowest BCUT2D eigenvalue weighted by Gasteiger charge is -2.19. The summed E-state index contributed by atoms with van der Waals surface area (Å²) in [6, 6.07) is 3.48. The van der Waals surface area contributed by atoms with Gasteiger partial charge in [-0.25, -0.2) is 0 Å². The van der Waals surface area contributed by atoms with Gasteiger partial charge in [0.1, 0.15) is 0 Å². The van der Waals surface area contributed by atoms with Crippen molar-refractivity contribution in [2.75, 3.05) is 6.54 Å². The molecule has 0 radical (unpaired) electrons. The first-order valence-corrected chi connectivity index (χ1v) is 6.87. The van der Waals surface area contributed by atoms with Gasteiger partial charge in [0, 0.05) is 24.0 Å². The molecule has 0 bridgehead atoms. The standard InChI is InChI=1S/C14H21ClN2O/c1-4-11(5-2)13(15)9-17-14(18)12-6-7-16-10(3)8-12/h6-8,11,13H,4-5,9H2,1-3H3,(H,17,18). The number of rotatable bonds is 6. The zero-order valence-corrected chi connectivity index (χ0v) is 12.0. The van der Waals surface area contributed by atoms with E-state index in [1.54, 1.807) is 18.3 Å². The Kier molecular flexibility index (Phi) is 6.13. The highest BCUT2D eigenvalue weighted by Crippen LogP contribution is 2.17. The summed E-state index contributed by atoms with van der Waals surface area (Å²) in [6.07, 6.45) is 3.72. The summed E-state index contributed by atoms with van der Waals surface area (Å²) >= 11 is 6.28. The Labute approximate surface area is 114 Å². The second kappa shape index (κ2) is 7.37. The number of carbonyl (C=O) groups is 1. The number of aromatic nitrogens is 1. The maximum absolute atomic E-state index is 11.9. The molecule has 1 unspecified atom stereocenters. The summed E-state index contributed by atoms with van der Waals surface area (Å²) < 4.78 is 0. The predicted molar refractivity (Wildman–Crippen MR) is 75.0 cm³/mol. The topological polar surface area (TPSA) is 42.0 Å². The van der Waals surface area contributed by atoms with Crippen molar-refractivity contribution < 1.29 is 4.79 Å². The van der Waals surface area contributed by atoms with Crippen molar-refractivity contribution in [2.45, 2.75) is 39.0 Å². The molecule has 1 atom stereocenters. The molecule has 1 rings (SSSR count). The number of hydrogen-bond donors (Lipinski definition) is 1. The molecule has 0 aliphatic carbocycles. The third kappa shape index (κ3) is 4.30. The number of carbonyl (C=O) groups excluding carboxylic acids is 1. The second-order valence-electron chi connectivity index (χ2n) is 4.49. The van der Waals surface area contributed by atoms with Gasteiger partial charge in [-0.05, 0) is 25.0 Å². The number of pyridine rings is 1. The van der Waals surface area contributed by atoms with E-state index >= 15 is 0 Å². The average molecular weight is 269 g/mol. The van der Waals surface area contributed by atoms with Gasteiger partial charge in [-0.3, -0.25) is 9.78 Å². The molecular formula is C14H21ClN2O. The van der Waals surface area contributed by atoms with E-state index in [-0.39, 0.29) is 11.3 Å². The maximum atomic E-state index is 11.9. The van der Waals surface area contributed by atoms with Gasteiger partial charge >= 0.3 is 0 Å². The molecule has 0 fully saturated rings. The lowest BCUT2D eigenvalue weighted by atomic mass is 9.99. The molecule has 4 heteroatoms. The molecule has 1 aromatic heterocycles. The molecule has 0 saturated heterocycles. The van der Waals surface area contributed by atoms with Crippen LogP contribution in [0.25, 0.3) is 0 Å². The summed E-state index contributed by atoms with van der Waals surface area (Å²) in [5.41, 5.74) is 1.47. The van der Waals surface area contributed by atoms with Gasteiger partial charge in [0.05, 0.1) is 5.38 Å². The van der Waals surface area contributed by atoms with Crippen LogP contribution in [0.2, 0.25) is 0 Å². The molecule has 1 amide bonds. The number of aryl methyl sites for hydroxylation is 1. The molecule has 0 saturated carbocycles. The lowest BCUT2D eigenvalue weighted by molar-refractivity contribution is 0.0951. The Hall–Kier alpha value is -1.09. The van der Waals surface area contributed by atoms with Crippen molar-refractivity contribution in [3.05, 3.63) is 29.6 Å². The highest BCUT2D eigenvalue weighted by molar-refractivity contribution is 6.21. The lowest BCUT2D eigenvalue weighted by Crippen LogP contribution is -2.33. The van der Waals surface area contributed by atoms with Gasteiger partial charge in [0.15, 0.2) is 0 Å². The highest BCUT2D eigenvalue weighted by Gasteiger charge is 2.16. The Balaban J connectivity index is 2.51. The summed E-state index contributed by atoms with van der Waals surface area (Å²) in [5.74, 6) is 0.364. The van der Waals surface area contributed by atoms with Crippen LogP contribution in [0.4, 0.5) is 0 Å². The van der Waals surface area contributed by atoms with Crippen LogP contribution >= 0.6 is 11.6 Å². The molecule has 0 aliphatic heterocycles. The Bertz CT molecular complexity index is 391. The third-order valence-corrected chi connectivity index (χ3v) is 3.69. The van der Waals surface area contributed by atoms with Crippen LogP contribution in [0.3, 0.4) is 0 Å². The Morgan fingerprint density at radius 3 is 2.67 bits per heavy atom. The van der Waals surface area contributed by atoms with E-state index < -0.39 is 0 Å². The van der Waals surface area contributed by atoms with E-state index in [0.717, 1.165) is 18.5 Å². The fraction of sp³-hybridized carbons (Fsp3) is 0.571. The predicted octanol–water partition coefficient (Wildman–Crippen LogP) is 3.16. The first-order chi connectivity index (χ1) is 8.58. The molecule has 0 aliphatic rings. The minimum absolute atomic E-state index is 0.00751. The van der Waals surface area contributed by atoms with Crippen molar-refractivity contribution in [3.63, 3.8) is 0 Å². The van der Waals surface area contributed by atoms with Gasteiger partial charge in [-0.1, -0.05) is 26.7 Å². The van der Waals surface area contributed by atoms with Crippen molar-refractivity contribution in [3.8, 4) is 0 Å². The number of hydrogen-bond acceptors (Lipinski definition) is 2. The smallest absolute Gasteiger partial charge is 0.251 e. The zero-order chi connectivity index (χ0) is 13.5. The molecule has 1 N–H and O–H groups in total. The van der Waals surface area contributed by atoms with E-state index in [9.17, 15) is 4.79 Å². The largest absolute Gasteiger partial charge is 0.351 e. The van der Waals surface area contributed by atoms with E-state index in [4.69, 9.17) is 11.6 Å². The molecule has 18 heavy (non-hydrogen) atoms. The van der Waals surface area contributed by atoms with Crippen LogP contribution in [-0.2, 0) is 0 Å². The van der Waals surface area contributed by atoms with Crippen molar-refractivity contribution >= 4 is 17.5 Å². The Morgan fingerprint density at radius 2 is 2.11 bits per heavy atom. The van der Waals surface area contributed by atoms with Crippen molar-refractivity contribution in [1.82, 2.24) is 10.3 Å². The van der Waals surface area contributed by atoms with Crippen LogP contribution in [0, 0.1) is 12.8 Å². The summed E-state index contributed by atoms with van der Waals surface area (Å²) in [5, 5.41) is 2.87. The zero-order valence-electron chi connectivity index (χ0n) is 11.2. The number of amides is 1. The van der Waals surface area contributed by atoms with E-state index in [2.05, 4.69) is 24.1 Å². The van der Waals surface area contributed by atoms with Gasteiger partial charge in [-0.15, -0.1) is 11.6 Å². The van der Waals surface area contributed by atoms with E-state index in [1.807, 2.05) is 6.92 Å². The highest BCUT2D eigenvalue weighted by atomic mass is 35.5. The minimum Gasteiger partial charge on any atom is -0.351 e. The second-order valence-corrected chi connectivity index (χ2v) is 5.05. The van der Waals surface area contributed by atoms with Crippen LogP contribution in [0.1, 0.15) is 42.7 Å². The summed E-state index contributed by atoms with van der Waals surface area (Å²) in [7, 11) is 0. The van der Waals surface area contributed by atoms with Crippen molar-refractivity contribution in [2.24, 2.45) is 5.92 Å². The molecule has 1 heterocycles. The SMILES string of the molecule is CCC(CC)C(Cl)CNC(=O)c1ccnc(C)c1. The monoisotopic (exact) mass is 268 g/mol. The van der Waals surface area contributed by atoms with Crippen LogP contribution in [0.5, 0.6) is 0 Å². The van der Waals surface area contributed by atoms with Crippen LogP contribution < -0.4 is 5.32 Å². The molecule has 1 aromatic rings. The normalized spacial score (nSPS) is 12.5. The van der Waals surface area contributed by atoms with Gasteiger partial charge < -0.3 is 5.32 Å². The maximum Gasteiger partial charge on any atom is 0.251 e. The number of halogens is 1. The fourth-order valence-corrected chi connectivity index (χ4v) is 2.38.